The highest BCUT2D eigenvalue weighted by molar-refractivity contribution is 7.92. The molecule has 20 heavy (non-hydrogen) atoms. The molecule has 3 rings (SSSR count). The van der Waals surface area contributed by atoms with Crippen molar-refractivity contribution < 1.29 is 13.2 Å². The van der Waals surface area contributed by atoms with Crippen molar-refractivity contribution in [1.29, 1.82) is 0 Å². The number of para-hydroxylation sites is 2. The highest BCUT2D eigenvalue weighted by Gasteiger charge is 2.28. The molecule has 0 radical (unpaired) electrons. The third kappa shape index (κ3) is 2.25. The van der Waals surface area contributed by atoms with E-state index in [1.165, 1.54) is 4.31 Å². The highest BCUT2D eigenvalue weighted by atomic mass is 32.2. The molecule has 4 nitrogen and oxygen atoms in total. The Morgan fingerprint density at radius 1 is 0.950 bits per heavy atom. The number of rotatable bonds is 2. The first-order valence-electron chi connectivity index (χ1n) is 6.49. The molecular formula is C15H15NO3S. The van der Waals surface area contributed by atoms with Crippen molar-refractivity contribution in [3.63, 3.8) is 0 Å². The highest BCUT2D eigenvalue weighted by Crippen LogP contribution is 2.34. The van der Waals surface area contributed by atoms with Crippen molar-refractivity contribution in [3.05, 3.63) is 54.6 Å². The lowest BCUT2D eigenvalue weighted by atomic mass is 10.3. The molecule has 1 heterocycles. The van der Waals surface area contributed by atoms with Crippen molar-refractivity contribution in [2.24, 2.45) is 0 Å². The zero-order chi connectivity index (χ0) is 14.0. The van der Waals surface area contributed by atoms with Crippen LogP contribution in [0.4, 0.5) is 5.69 Å². The Balaban J connectivity index is 2.10. The van der Waals surface area contributed by atoms with Crippen LogP contribution in [0.15, 0.2) is 59.5 Å². The first kappa shape index (κ1) is 13.0. The normalized spacial score (nSPS) is 15.1. The first-order valence-corrected chi connectivity index (χ1v) is 7.93. The van der Waals surface area contributed by atoms with Gasteiger partial charge in [-0.15, -0.1) is 0 Å². The maximum atomic E-state index is 12.8. The van der Waals surface area contributed by atoms with Crippen molar-refractivity contribution in [3.8, 4) is 5.75 Å². The molecule has 0 spiro atoms. The largest absolute Gasteiger partial charge is 0.491 e. The van der Waals surface area contributed by atoms with Gasteiger partial charge in [0, 0.05) is 13.0 Å². The molecule has 1 aliphatic rings. The molecule has 0 fully saturated rings. The lowest BCUT2D eigenvalue weighted by Crippen LogP contribution is -2.31. The number of anilines is 1. The van der Waals surface area contributed by atoms with Crippen LogP contribution in [0.5, 0.6) is 5.75 Å². The molecule has 2 aromatic carbocycles. The Morgan fingerprint density at radius 2 is 1.65 bits per heavy atom. The van der Waals surface area contributed by atoms with Crippen molar-refractivity contribution in [2.75, 3.05) is 17.5 Å². The minimum atomic E-state index is -3.55. The predicted octanol–water partition coefficient (Wildman–Crippen LogP) is 2.66. The van der Waals surface area contributed by atoms with Crippen LogP contribution in [0.3, 0.4) is 0 Å². The number of sulfonamides is 1. The maximum Gasteiger partial charge on any atom is 0.264 e. The van der Waals surface area contributed by atoms with E-state index < -0.39 is 10.0 Å². The lowest BCUT2D eigenvalue weighted by Gasteiger charge is -2.23. The molecule has 1 aliphatic heterocycles. The van der Waals surface area contributed by atoms with Gasteiger partial charge in [0.15, 0.2) is 0 Å². The molecule has 0 bridgehead atoms. The van der Waals surface area contributed by atoms with Gasteiger partial charge >= 0.3 is 0 Å². The SMILES string of the molecule is O=S(=O)(c1ccccc1)N1CCCOc2ccccc21. The molecule has 0 saturated carbocycles. The summed E-state index contributed by atoms with van der Waals surface area (Å²) in [6, 6.07) is 15.7. The van der Waals surface area contributed by atoms with E-state index in [0.717, 1.165) is 0 Å². The number of benzene rings is 2. The van der Waals surface area contributed by atoms with Crippen LogP contribution < -0.4 is 9.04 Å². The van der Waals surface area contributed by atoms with Gasteiger partial charge in [0.1, 0.15) is 5.75 Å². The maximum absolute atomic E-state index is 12.8. The lowest BCUT2D eigenvalue weighted by molar-refractivity contribution is 0.322. The monoisotopic (exact) mass is 289 g/mol. The van der Waals surface area contributed by atoms with Gasteiger partial charge in [-0.25, -0.2) is 8.42 Å². The first-order chi connectivity index (χ1) is 9.69. The van der Waals surface area contributed by atoms with Crippen LogP contribution in [-0.4, -0.2) is 21.6 Å². The van der Waals surface area contributed by atoms with Crippen LogP contribution in [-0.2, 0) is 10.0 Å². The fourth-order valence-electron chi connectivity index (χ4n) is 2.27. The summed E-state index contributed by atoms with van der Waals surface area (Å²) in [6.07, 6.45) is 0.667. The Labute approximate surface area is 118 Å². The average Bonchev–Trinajstić information content (AvgIpc) is 2.71. The Morgan fingerprint density at radius 3 is 2.45 bits per heavy atom. The summed E-state index contributed by atoms with van der Waals surface area (Å²) in [5, 5.41) is 0. The number of nitrogens with zero attached hydrogens (tertiary/aromatic N) is 1. The molecule has 0 unspecified atom stereocenters. The smallest absolute Gasteiger partial charge is 0.264 e. The molecule has 0 atom stereocenters. The second-order valence-corrected chi connectivity index (χ2v) is 6.42. The standard InChI is InChI=1S/C15H15NO3S/c17-20(18,13-7-2-1-3-8-13)16-11-6-12-19-15-10-5-4-9-14(15)16/h1-5,7-10H,6,11-12H2. The van der Waals surface area contributed by atoms with Crippen LogP contribution in [0.2, 0.25) is 0 Å². The van der Waals surface area contributed by atoms with Crippen molar-refractivity contribution in [1.82, 2.24) is 0 Å². The summed E-state index contributed by atoms with van der Waals surface area (Å²) in [7, 11) is -3.55. The van der Waals surface area contributed by atoms with E-state index in [1.807, 2.05) is 12.1 Å². The van der Waals surface area contributed by atoms with Gasteiger partial charge in [0.2, 0.25) is 0 Å². The molecule has 0 aromatic heterocycles. The van der Waals surface area contributed by atoms with Gasteiger partial charge in [-0.05, 0) is 24.3 Å². The molecular weight excluding hydrogens is 274 g/mol. The number of fused-ring (bicyclic) bond motifs is 1. The van der Waals surface area contributed by atoms with E-state index in [-0.39, 0.29) is 0 Å². The van der Waals surface area contributed by atoms with Crippen LogP contribution in [0, 0.1) is 0 Å². The van der Waals surface area contributed by atoms with Gasteiger partial charge in [-0.2, -0.15) is 0 Å². The average molecular weight is 289 g/mol. The Bertz CT molecular complexity index is 698. The van der Waals surface area contributed by atoms with Crippen LogP contribution in [0.1, 0.15) is 6.42 Å². The topological polar surface area (TPSA) is 46.6 Å². The molecule has 2 aromatic rings. The summed E-state index contributed by atoms with van der Waals surface area (Å²) in [5.41, 5.74) is 0.605. The number of ether oxygens (including phenoxy) is 1. The van der Waals surface area contributed by atoms with E-state index in [0.29, 0.717) is 35.9 Å². The third-order valence-corrected chi connectivity index (χ3v) is 5.06. The number of hydrogen-bond acceptors (Lipinski definition) is 3. The van der Waals surface area contributed by atoms with E-state index in [1.54, 1.807) is 42.5 Å². The van der Waals surface area contributed by atoms with Gasteiger partial charge < -0.3 is 4.74 Å². The Kier molecular flexibility index (Phi) is 3.36. The summed E-state index contributed by atoms with van der Waals surface area (Å²) in [6.45, 7) is 0.950. The van der Waals surface area contributed by atoms with Gasteiger partial charge in [0.25, 0.3) is 10.0 Å². The van der Waals surface area contributed by atoms with Crippen molar-refractivity contribution in [2.45, 2.75) is 11.3 Å². The third-order valence-electron chi connectivity index (χ3n) is 3.23. The van der Waals surface area contributed by atoms with E-state index in [9.17, 15) is 8.42 Å². The minimum Gasteiger partial charge on any atom is -0.491 e. The summed E-state index contributed by atoms with van der Waals surface area (Å²) in [5.74, 6) is 0.615. The van der Waals surface area contributed by atoms with Gasteiger partial charge in [-0.1, -0.05) is 30.3 Å². The summed E-state index contributed by atoms with van der Waals surface area (Å²) >= 11 is 0. The second kappa shape index (κ2) is 5.17. The fraction of sp³-hybridized carbons (Fsp3) is 0.200. The molecule has 0 amide bonds. The number of hydrogen-bond donors (Lipinski definition) is 0. The molecule has 5 heteroatoms. The van der Waals surface area contributed by atoms with E-state index in [2.05, 4.69) is 0 Å². The van der Waals surface area contributed by atoms with E-state index in [4.69, 9.17) is 4.74 Å². The molecule has 0 saturated heterocycles. The second-order valence-electron chi connectivity index (χ2n) is 4.56. The minimum absolute atomic E-state index is 0.303. The molecule has 0 N–H and O–H groups in total. The summed E-state index contributed by atoms with van der Waals surface area (Å²) in [4.78, 5) is 0.303. The fourth-order valence-corrected chi connectivity index (χ4v) is 3.80. The van der Waals surface area contributed by atoms with Gasteiger partial charge in [-0.3, -0.25) is 4.31 Å². The zero-order valence-corrected chi connectivity index (χ0v) is 11.7. The quantitative estimate of drug-likeness (QED) is 0.854. The van der Waals surface area contributed by atoms with Crippen LogP contribution in [0.25, 0.3) is 0 Å². The molecule has 104 valence electrons. The molecule has 0 aliphatic carbocycles. The van der Waals surface area contributed by atoms with Crippen LogP contribution >= 0.6 is 0 Å². The zero-order valence-electron chi connectivity index (χ0n) is 10.9. The van der Waals surface area contributed by atoms with E-state index >= 15 is 0 Å². The van der Waals surface area contributed by atoms with Crippen molar-refractivity contribution >= 4 is 15.7 Å². The van der Waals surface area contributed by atoms with Gasteiger partial charge in [0.05, 0.1) is 17.2 Å². The summed E-state index contributed by atoms with van der Waals surface area (Å²) < 4.78 is 32.6. The Hall–Kier alpha value is -2.01. The predicted molar refractivity (Wildman–Crippen MR) is 77.5 cm³/mol.